The van der Waals surface area contributed by atoms with Gasteiger partial charge in [0.15, 0.2) is 11.5 Å². The fourth-order valence-electron chi connectivity index (χ4n) is 2.21. The van der Waals surface area contributed by atoms with Crippen molar-refractivity contribution in [1.82, 2.24) is 4.90 Å². The van der Waals surface area contributed by atoms with Crippen LogP contribution in [0.25, 0.3) is 0 Å². The summed E-state index contributed by atoms with van der Waals surface area (Å²) in [6.07, 6.45) is -0.687. The molecule has 0 saturated heterocycles. The van der Waals surface area contributed by atoms with Crippen molar-refractivity contribution in [3.05, 3.63) is 23.8 Å². The molecular weight excluding hydrogens is 338 g/mol. The standard InChI is InChI=1S/C16H27NO6.ClH/c1-21-15-4-3-13(9-16(15)22-2)11-23-12-14(20)10-17(5-7-18)6-8-19;/h3-4,9,14,18-20H,5-8,10-12H2,1-2H3;1H/p-1. The van der Waals surface area contributed by atoms with E-state index in [1.54, 1.807) is 25.2 Å². The van der Waals surface area contributed by atoms with Crippen LogP contribution in [0, 0.1) is 0 Å². The molecule has 1 rings (SSSR count). The normalized spacial score (nSPS) is 11.9. The molecule has 140 valence electrons. The van der Waals surface area contributed by atoms with Gasteiger partial charge in [0.1, 0.15) is 0 Å². The lowest BCUT2D eigenvalue weighted by Gasteiger charge is -2.23. The van der Waals surface area contributed by atoms with Crippen LogP contribution in [0.5, 0.6) is 11.5 Å². The number of nitrogens with zero attached hydrogens (tertiary/aromatic N) is 1. The van der Waals surface area contributed by atoms with E-state index in [0.29, 0.717) is 37.7 Å². The number of hydrogen-bond donors (Lipinski definition) is 3. The van der Waals surface area contributed by atoms with Crippen molar-refractivity contribution in [1.29, 1.82) is 0 Å². The number of rotatable bonds is 12. The Morgan fingerprint density at radius 2 is 1.67 bits per heavy atom. The van der Waals surface area contributed by atoms with Gasteiger partial charge in [-0.1, -0.05) is 6.07 Å². The van der Waals surface area contributed by atoms with Gasteiger partial charge in [0.05, 0.1) is 46.8 Å². The Balaban J connectivity index is 0.00000529. The highest BCUT2D eigenvalue weighted by molar-refractivity contribution is 5.42. The number of ether oxygens (including phenoxy) is 3. The predicted octanol–water partition coefficient (Wildman–Crippen LogP) is -3.13. The summed E-state index contributed by atoms with van der Waals surface area (Å²) in [4.78, 5) is 1.78. The van der Waals surface area contributed by atoms with Crippen molar-refractivity contribution in [2.75, 3.05) is 53.7 Å². The number of halogens is 1. The smallest absolute Gasteiger partial charge is 0.161 e. The van der Waals surface area contributed by atoms with Crippen LogP contribution in [-0.4, -0.2) is 80.0 Å². The fraction of sp³-hybridized carbons (Fsp3) is 0.625. The molecule has 1 atom stereocenters. The molecular formula is C16H27ClNO6-. The second-order valence-electron chi connectivity index (χ2n) is 5.11. The Morgan fingerprint density at radius 3 is 2.21 bits per heavy atom. The molecule has 0 bridgehead atoms. The summed E-state index contributed by atoms with van der Waals surface area (Å²) in [5, 5.41) is 27.8. The second kappa shape index (κ2) is 13.2. The third kappa shape index (κ3) is 8.14. The molecule has 0 radical (unpaired) electrons. The highest BCUT2D eigenvalue weighted by atomic mass is 35.5. The Morgan fingerprint density at radius 1 is 1.04 bits per heavy atom. The van der Waals surface area contributed by atoms with Gasteiger partial charge in [-0.3, -0.25) is 4.90 Å². The first-order chi connectivity index (χ1) is 11.1. The molecule has 8 heteroatoms. The first kappa shape index (κ1) is 22.9. The van der Waals surface area contributed by atoms with Gasteiger partial charge in [-0.2, -0.15) is 0 Å². The fourth-order valence-corrected chi connectivity index (χ4v) is 2.21. The molecule has 3 N–H and O–H groups in total. The first-order valence-electron chi connectivity index (χ1n) is 7.55. The maximum absolute atomic E-state index is 9.96. The van der Waals surface area contributed by atoms with Crippen LogP contribution in [0.15, 0.2) is 18.2 Å². The zero-order valence-corrected chi connectivity index (χ0v) is 14.9. The van der Waals surface area contributed by atoms with Gasteiger partial charge >= 0.3 is 0 Å². The van der Waals surface area contributed by atoms with Crippen LogP contribution in [0.1, 0.15) is 5.56 Å². The Hall–Kier alpha value is -1.09. The quantitative estimate of drug-likeness (QED) is 0.361. The minimum absolute atomic E-state index is 0. The molecule has 0 aliphatic carbocycles. The molecule has 1 aromatic rings. The molecule has 0 saturated carbocycles. The van der Waals surface area contributed by atoms with Crippen molar-refractivity contribution in [3.8, 4) is 11.5 Å². The molecule has 0 aliphatic heterocycles. The first-order valence-corrected chi connectivity index (χ1v) is 7.55. The molecule has 1 aromatic carbocycles. The van der Waals surface area contributed by atoms with Crippen molar-refractivity contribution >= 4 is 0 Å². The van der Waals surface area contributed by atoms with Gasteiger partial charge in [0, 0.05) is 19.6 Å². The number of aliphatic hydroxyl groups excluding tert-OH is 3. The van der Waals surface area contributed by atoms with Crippen molar-refractivity contribution in [2.45, 2.75) is 12.7 Å². The molecule has 7 nitrogen and oxygen atoms in total. The minimum atomic E-state index is -0.687. The van der Waals surface area contributed by atoms with Gasteiger partial charge in [-0.15, -0.1) is 0 Å². The van der Waals surface area contributed by atoms with E-state index >= 15 is 0 Å². The summed E-state index contributed by atoms with van der Waals surface area (Å²) in [5.74, 6) is 1.28. The topological polar surface area (TPSA) is 91.6 Å². The number of hydrogen-bond acceptors (Lipinski definition) is 7. The number of methoxy groups -OCH3 is 2. The van der Waals surface area contributed by atoms with E-state index in [4.69, 9.17) is 24.4 Å². The van der Waals surface area contributed by atoms with Crippen molar-refractivity contribution in [3.63, 3.8) is 0 Å². The van der Waals surface area contributed by atoms with Gasteiger partial charge < -0.3 is 41.9 Å². The minimum Gasteiger partial charge on any atom is -1.00 e. The largest absolute Gasteiger partial charge is 1.00 e. The van der Waals surface area contributed by atoms with Crippen molar-refractivity contribution in [2.24, 2.45) is 0 Å². The zero-order valence-electron chi connectivity index (χ0n) is 14.2. The van der Waals surface area contributed by atoms with E-state index in [1.807, 2.05) is 12.1 Å². The van der Waals surface area contributed by atoms with Crippen molar-refractivity contribution < 1.29 is 41.9 Å². The van der Waals surface area contributed by atoms with Gasteiger partial charge in [-0.25, -0.2) is 0 Å². The summed E-state index contributed by atoms with van der Waals surface area (Å²) < 4.78 is 15.9. The third-order valence-corrected chi connectivity index (χ3v) is 3.33. The summed E-state index contributed by atoms with van der Waals surface area (Å²) in [7, 11) is 3.15. The van der Waals surface area contributed by atoms with E-state index in [0.717, 1.165) is 5.56 Å². The van der Waals surface area contributed by atoms with E-state index < -0.39 is 6.10 Å². The van der Waals surface area contributed by atoms with Gasteiger partial charge in [0.25, 0.3) is 0 Å². The molecule has 0 fully saturated rings. The number of benzene rings is 1. The maximum atomic E-state index is 9.96. The van der Waals surface area contributed by atoms with Gasteiger partial charge in [0.2, 0.25) is 0 Å². The Bertz CT molecular complexity index is 443. The van der Waals surface area contributed by atoms with Crippen LogP contribution in [0.2, 0.25) is 0 Å². The lowest BCUT2D eigenvalue weighted by atomic mass is 10.2. The molecule has 0 heterocycles. The monoisotopic (exact) mass is 364 g/mol. The Labute approximate surface area is 149 Å². The maximum Gasteiger partial charge on any atom is 0.161 e. The Kier molecular flexibility index (Phi) is 12.6. The summed E-state index contributed by atoms with van der Waals surface area (Å²) in [6, 6.07) is 5.50. The summed E-state index contributed by atoms with van der Waals surface area (Å²) >= 11 is 0. The van der Waals surface area contributed by atoms with Crippen LogP contribution in [0.3, 0.4) is 0 Å². The highest BCUT2D eigenvalue weighted by Gasteiger charge is 2.12. The van der Waals surface area contributed by atoms with E-state index in [2.05, 4.69) is 0 Å². The molecule has 24 heavy (non-hydrogen) atoms. The number of aliphatic hydroxyl groups is 3. The van der Waals surface area contributed by atoms with Crippen LogP contribution < -0.4 is 21.9 Å². The molecule has 0 amide bonds. The second-order valence-corrected chi connectivity index (χ2v) is 5.11. The van der Waals surface area contributed by atoms with Crippen LogP contribution in [0.4, 0.5) is 0 Å². The van der Waals surface area contributed by atoms with E-state index in [-0.39, 0.29) is 32.2 Å². The highest BCUT2D eigenvalue weighted by Crippen LogP contribution is 2.27. The average molecular weight is 365 g/mol. The molecule has 0 aromatic heterocycles. The van der Waals surface area contributed by atoms with Gasteiger partial charge in [-0.05, 0) is 17.7 Å². The van der Waals surface area contributed by atoms with Crippen LogP contribution in [-0.2, 0) is 11.3 Å². The molecule has 0 spiro atoms. The lowest BCUT2D eigenvalue weighted by Crippen LogP contribution is -3.00. The zero-order chi connectivity index (χ0) is 17.1. The average Bonchev–Trinajstić information content (AvgIpc) is 2.55. The summed E-state index contributed by atoms with van der Waals surface area (Å²) in [5.41, 5.74) is 0.914. The summed E-state index contributed by atoms with van der Waals surface area (Å²) in [6.45, 7) is 1.64. The SMILES string of the molecule is COc1ccc(COCC(O)CN(CCO)CCO)cc1OC.[Cl-]. The molecule has 0 aliphatic rings. The lowest BCUT2D eigenvalue weighted by molar-refractivity contribution is -0.0000300. The predicted molar refractivity (Wildman–Crippen MR) is 85.8 cm³/mol. The van der Waals surface area contributed by atoms with Crippen LogP contribution >= 0.6 is 0 Å². The van der Waals surface area contributed by atoms with E-state index in [9.17, 15) is 5.11 Å². The third-order valence-electron chi connectivity index (χ3n) is 3.33. The van der Waals surface area contributed by atoms with E-state index in [1.165, 1.54) is 0 Å². The molecule has 1 unspecified atom stereocenters.